The van der Waals surface area contributed by atoms with E-state index in [-0.39, 0.29) is 11.9 Å². The van der Waals surface area contributed by atoms with Crippen LogP contribution in [0, 0.1) is 0 Å². The highest BCUT2D eigenvalue weighted by molar-refractivity contribution is 7.14. The fourth-order valence-corrected chi connectivity index (χ4v) is 4.40. The average molecular weight is 323 g/mol. The fraction of sp³-hybridized carbons (Fsp3) is 0.647. The lowest BCUT2D eigenvalue weighted by Crippen LogP contribution is -2.53. The summed E-state index contributed by atoms with van der Waals surface area (Å²) >= 11 is 1.55. The quantitative estimate of drug-likeness (QED) is 0.816. The minimum absolute atomic E-state index is 0.144. The number of thiophene rings is 1. The van der Waals surface area contributed by atoms with Crippen LogP contribution in [0.25, 0.3) is 0 Å². The van der Waals surface area contributed by atoms with Gasteiger partial charge in [0, 0.05) is 4.88 Å². The second kappa shape index (κ2) is 7.27. The molecule has 1 amide bonds. The summed E-state index contributed by atoms with van der Waals surface area (Å²) in [6.07, 6.45) is 6.23. The van der Waals surface area contributed by atoms with E-state index in [0.29, 0.717) is 17.7 Å². The van der Waals surface area contributed by atoms with Gasteiger partial charge in [-0.05, 0) is 37.3 Å². The van der Waals surface area contributed by atoms with E-state index in [9.17, 15) is 9.59 Å². The van der Waals surface area contributed by atoms with Crippen molar-refractivity contribution < 1.29 is 14.3 Å². The van der Waals surface area contributed by atoms with Gasteiger partial charge < -0.3 is 10.1 Å². The number of ether oxygens (including phenoxy) is 1. The predicted molar refractivity (Wildman–Crippen MR) is 88.4 cm³/mol. The Morgan fingerprint density at radius 3 is 2.55 bits per heavy atom. The molecule has 1 saturated carbocycles. The molecule has 1 aliphatic carbocycles. The minimum atomic E-state index is -0.826. The van der Waals surface area contributed by atoms with Crippen LogP contribution >= 0.6 is 11.3 Å². The van der Waals surface area contributed by atoms with Gasteiger partial charge in [-0.3, -0.25) is 4.79 Å². The summed E-state index contributed by atoms with van der Waals surface area (Å²) in [4.78, 5) is 26.7. The standard InChI is InChI=1S/C17H25NO3S/c1-4-8-13-12(5-2)11-14(22-13)15(19)18-17(16(20)21-3)9-6-7-10-17/h11H,4-10H2,1-3H3,(H,18,19). The summed E-state index contributed by atoms with van der Waals surface area (Å²) in [6, 6.07) is 1.98. The first kappa shape index (κ1) is 17.0. The summed E-state index contributed by atoms with van der Waals surface area (Å²) in [5.41, 5.74) is 0.420. The van der Waals surface area contributed by atoms with Gasteiger partial charge in [0.05, 0.1) is 12.0 Å². The van der Waals surface area contributed by atoms with E-state index in [2.05, 4.69) is 19.2 Å². The zero-order valence-corrected chi connectivity index (χ0v) is 14.5. The van der Waals surface area contributed by atoms with Gasteiger partial charge in [0.15, 0.2) is 0 Å². The maximum Gasteiger partial charge on any atom is 0.331 e. The SMILES string of the molecule is CCCc1sc(C(=O)NC2(C(=O)OC)CCCC2)cc1CC. The van der Waals surface area contributed by atoms with Crippen LogP contribution in [-0.4, -0.2) is 24.5 Å². The summed E-state index contributed by atoms with van der Waals surface area (Å²) < 4.78 is 4.91. The molecular weight excluding hydrogens is 298 g/mol. The Bertz CT molecular complexity index is 544. The van der Waals surface area contributed by atoms with Crippen molar-refractivity contribution in [2.24, 2.45) is 0 Å². The Hall–Kier alpha value is -1.36. The normalized spacial score (nSPS) is 16.5. The van der Waals surface area contributed by atoms with E-state index in [4.69, 9.17) is 4.74 Å². The van der Waals surface area contributed by atoms with Crippen molar-refractivity contribution in [3.63, 3.8) is 0 Å². The summed E-state index contributed by atoms with van der Waals surface area (Å²) in [7, 11) is 1.38. The second-order valence-electron chi connectivity index (χ2n) is 5.90. The molecule has 0 aliphatic heterocycles. The van der Waals surface area contributed by atoms with Crippen molar-refractivity contribution in [3.8, 4) is 0 Å². The molecule has 0 bridgehead atoms. The molecule has 2 rings (SSSR count). The second-order valence-corrected chi connectivity index (χ2v) is 7.03. The van der Waals surface area contributed by atoms with Crippen LogP contribution in [-0.2, 0) is 22.4 Å². The van der Waals surface area contributed by atoms with E-state index in [1.54, 1.807) is 11.3 Å². The molecule has 1 aromatic rings. The van der Waals surface area contributed by atoms with Gasteiger partial charge in [0.2, 0.25) is 0 Å². The number of carbonyl (C=O) groups excluding carboxylic acids is 2. The van der Waals surface area contributed by atoms with Crippen LogP contribution in [0.5, 0.6) is 0 Å². The summed E-state index contributed by atoms with van der Waals surface area (Å²) in [5, 5.41) is 2.96. The Kier molecular flexibility index (Phi) is 5.62. The molecule has 1 aromatic heterocycles. The molecule has 4 nitrogen and oxygen atoms in total. The van der Waals surface area contributed by atoms with Crippen molar-refractivity contribution in [1.29, 1.82) is 0 Å². The number of amides is 1. The molecule has 1 fully saturated rings. The number of methoxy groups -OCH3 is 1. The Labute approximate surface area is 136 Å². The molecule has 0 saturated heterocycles. The topological polar surface area (TPSA) is 55.4 Å². The van der Waals surface area contributed by atoms with E-state index < -0.39 is 5.54 Å². The van der Waals surface area contributed by atoms with Gasteiger partial charge in [-0.25, -0.2) is 4.79 Å². The lowest BCUT2D eigenvalue weighted by molar-refractivity contribution is -0.148. The van der Waals surface area contributed by atoms with Crippen LogP contribution in [0.1, 0.15) is 66.1 Å². The van der Waals surface area contributed by atoms with Crippen LogP contribution in [0.15, 0.2) is 6.07 Å². The number of nitrogens with one attached hydrogen (secondary N) is 1. The molecule has 1 aliphatic rings. The number of esters is 1. The van der Waals surface area contributed by atoms with Crippen LogP contribution in [0.2, 0.25) is 0 Å². The molecular formula is C17H25NO3S. The molecule has 22 heavy (non-hydrogen) atoms. The zero-order valence-electron chi connectivity index (χ0n) is 13.7. The molecule has 122 valence electrons. The number of rotatable bonds is 6. The van der Waals surface area contributed by atoms with E-state index in [1.807, 2.05) is 6.07 Å². The Morgan fingerprint density at radius 2 is 2.00 bits per heavy atom. The molecule has 0 aromatic carbocycles. The smallest absolute Gasteiger partial charge is 0.331 e. The van der Waals surface area contributed by atoms with Crippen LogP contribution in [0.3, 0.4) is 0 Å². The Balaban J connectivity index is 2.19. The lowest BCUT2D eigenvalue weighted by atomic mass is 9.97. The van der Waals surface area contributed by atoms with Crippen molar-refractivity contribution in [2.75, 3.05) is 7.11 Å². The van der Waals surface area contributed by atoms with Gasteiger partial charge >= 0.3 is 5.97 Å². The first-order valence-electron chi connectivity index (χ1n) is 8.08. The highest BCUT2D eigenvalue weighted by Crippen LogP contribution is 2.32. The third-order valence-corrected chi connectivity index (χ3v) is 5.60. The first-order chi connectivity index (χ1) is 10.6. The molecule has 0 unspecified atom stereocenters. The molecule has 5 heteroatoms. The third kappa shape index (κ3) is 3.35. The van der Waals surface area contributed by atoms with Gasteiger partial charge in [-0.15, -0.1) is 11.3 Å². The van der Waals surface area contributed by atoms with E-state index in [1.165, 1.54) is 17.6 Å². The molecule has 1 N–H and O–H groups in total. The number of carbonyl (C=O) groups is 2. The third-order valence-electron chi connectivity index (χ3n) is 4.36. The van der Waals surface area contributed by atoms with Gasteiger partial charge in [0.1, 0.15) is 5.54 Å². The van der Waals surface area contributed by atoms with Crippen LogP contribution < -0.4 is 5.32 Å². The fourth-order valence-electron chi connectivity index (χ4n) is 3.15. The predicted octanol–water partition coefficient (Wildman–Crippen LogP) is 3.48. The van der Waals surface area contributed by atoms with Gasteiger partial charge in [0.25, 0.3) is 5.91 Å². The average Bonchev–Trinajstić information content (AvgIpc) is 3.14. The highest BCUT2D eigenvalue weighted by Gasteiger charge is 2.43. The summed E-state index contributed by atoms with van der Waals surface area (Å²) in [6.45, 7) is 4.25. The number of hydrogen-bond acceptors (Lipinski definition) is 4. The van der Waals surface area contributed by atoms with E-state index in [0.717, 1.165) is 32.1 Å². The van der Waals surface area contributed by atoms with Gasteiger partial charge in [-0.1, -0.05) is 33.1 Å². The first-order valence-corrected chi connectivity index (χ1v) is 8.90. The molecule has 0 spiro atoms. The number of aryl methyl sites for hydroxylation is 2. The monoisotopic (exact) mass is 323 g/mol. The van der Waals surface area contributed by atoms with Gasteiger partial charge in [-0.2, -0.15) is 0 Å². The van der Waals surface area contributed by atoms with Crippen LogP contribution in [0.4, 0.5) is 0 Å². The molecule has 0 atom stereocenters. The highest BCUT2D eigenvalue weighted by atomic mass is 32.1. The van der Waals surface area contributed by atoms with Crippen molar-refractivity contribution in [3.05, 3.63) is 21.4 Å². The van der Waals surface area contributed by atoms with E-state index >= 15 is 0 Å². The van der Waals surface area contributed by atoms with Crippen molar-refractivity contribution in [2.45, 2.75) is 64.3 Å². The minimum Gasteiger partial charge on any atom is -0.467 e. The van der Waals surface area contributed by atoms with Crippen molar-refractivity contribution >= 4 is 23.2 Å². The maximum absolute atomic E-state index is 12.6. The largest absolute Gasteiger partial charge is 0.467 e. The zero-order chi connectivity index (χ0) is 16.2. The maximum atomic E-state index is 12.6. The number of hydrogen-bond donors (Lipinski definition) is 1. The Morgan fingerprint density at radius 1 is 1.32 bits per heavy atom. The van der Waals surface area contributed by atoms with Crippen molar-refractivity contribution in [1.82, 2.24) is 5.32 Å². The molecule has 1 heterocycles. The summed E-state index contributed by atoms with van der Waals surface area (Å²) in [5.74, 6) is -0.464. The molecule has 0 radical (unpaired) electrons. The lowest BCUT2D eigenvalue weighted by Gasteiger charge is -2.26.